The number of aliphatic carboxylic acids is 1. The lowest BCUT2D eigenvalue weighted by Crippen LogP contribution is -2.55. The predicted molar refractivity (Wildman–Crippen MR) is 73.3 cm³/mol. The first kappa shape index (κ1) is 16.3. The Labute approximate surface area is 119 Å². The van der Waals surface area contributed by atoms with Gasteiger partial charge in [0.25, 0.3) is 0 Å². The second kappa shape index (κ2) is 8.43. The van der Waals surface area contributed by atoms with E-state index >= 15 is 0 Å². The number of rotatable bonds is 9. The van der Waals surface area contributed by atoms with Crippen LogP contribution in [0.5, 0.6) is 11.5 Å². The summed E-state index contributed by atoms with van der Waals surface area (Å²) in [5.41, 5.74) is 4.64. The normalized spacial score (nSPS) is 11.9. The van der Waals surface area contributed by atoms with Crippen molar-refractivity contribution in [1.82, 2.24) is 0 Å². The van der Waals surface area contributed by atoms with Crippen LogP contribution in [0.4, 0.5) is 0 Å². The topological polar surface area (TPSA) is 86.2 Å². The zero-order valence-electron chi connectivity index (χ0n) is 12.2. The van der Waals surface area contributed by atoms with Gasteiger partial charge in [0.1, 0.15) is 6.04 Å². The fourth-order valence-corrected chi connectivity index (χ4v) is 1.81. The molecule has 0 radical (unpaired) electrons. The lowest BCUT2D eigenvalue weighted by Gasteiger charge is -2.15. The van der Waals surface area contributed by atoms with Crippen LogP contribution in [-0.2, 0) is 4.79 Å². The van der Waals surface area contributed by atoms with Gasteiger partial charge in [0.15, 0.2) is 11.5 Å². The first-order valence-corrected chi connectivity index (χ1v) is 7.00. The zero-order valence-corrected chi connectivity index (χ0v) is 12.2. The van der Waals surface area contributed by atoms with Crippen LogP contribution in [0.25, 0.3) is 0 Å². The molecule has 0 aliphatic rings. The van der Waals surface area contributed by atoms with E-state index in [0.29, 0.717) is 24.7 Å². The van der Waals surface area contributed by atoms with Gasteiger partial charge in [0, 0.05) is 18.0 Å². The predicted octanol–water partition coefficient (Wildman–Crippen LogP) is 0.687. The molecule has 0 amide bonds. The van der Waals surface area contributed by atoms with E-state index in [-0.39, 0.29) is 12.5 Å². The maximum absolute atomic E-state index is 10.6. The SMILES string of the molecule is CCCCOc1ccc([C@H]([NH3+])CC(=O)[O-])cc1OCC. The minimum atomic E-state index is -1.11. The van der Waals surface area contributed by atoms with E-state index < -0.39 is 5.97 Å². The molecule has 0 aliphatic heterocycles. The molecule has 0 saturated heterocycles. The number of carbonyl (C=O) groups is 1. The number of carboxylic acids is 1. The highest BCUT2D eigenvalue weighted by molar-refractivity contribution is 5.65. The Morgan fingerprint density at radius 2 is 2.05 bits per heavy atom. The molecule has 20 heavy (non-hydrogen) atoms. The van der Waals surface area contributed by atoms with Crippen molar-refractivity contribution in [2.24, 2.45) is 0 Å². The Kier molecular flexibility index (Phi) is 6.87. The van der Waals surface area contributed by atoms with Crippen molar-refractivity contribution >= 4 is 5.97 Å². The van der Waals surface area contributed by atoms with Crippen molar-refractivity contribution in [2.75, 3.05) is 13.2 Å². The molecule has 1 aromatic rings. The summed E-state index contributed by atoms with van der Waals surface area (Å²) in [6.45, 7) is 5.16. The van der Waals surface area contributed by atoms with Crippen molar-refractivity contribution in [3.63, 3.8) is 0 Å². The second-order valence-electron chi connectivity index (χ2n) is 4.61. The van der Waals surface area contributed by atoms with Gasteiger partial charge in [-0.15, -0.1) is 0 Å². The minimum Gasteiger partial charge on any atom is -0.550 e. The zero-order chi connectivity index (χ0) is 15.0. The van der Waals surface area contributed by atoms with Gasteiger partial charge in [-0.1, -0.05) is 13.3 Å². The molecule has 0 spiro atoms. The largest absolute Gasteiger partial charge is 0.550 e. The Morgan fingerprint density at radius 1 is 1.30 bits per heavy atom. The van der Waals surface area contributed by atoms with Crippen LogP contribution in [0.3, 0.4) is 0 Å². The van der Waals surface area contributed by atoms with Crippen LogP contribution in [-0.4, -0.2) is 19.2 Å². The molecule has 0 fully saturated rings. The molecule has 0 aromatic heterocycles. The van der Waals surface area contributed by atoms with E-state index in [4.69, 9.17) is 9.47 Å². The average Bonchev–Trinajstić information content (AvgIpc) is 2.40. The molecule has 112 valence electrons. The standard InChI is InChI=1S/C15H23NO4/c1-3-5-8-20-13-7-6-11(9-14(13)19-4-2)12(16)10-15(17)18/h6-7,9,12H,3-5,8,10,16H2,1-2H3,(H,17,18)/t12-/m1/s1. The van der Waals surface area contributed by atoms with Gasteiger partial charge in [-0.2, -0.15) is 0 Å². The summed E-state index contributed by atoms with van der Waals surface area (Å²) in [6, 6.07) is 5.07. The smallest absolute Gasteiger partial charge is 0.161 e. The number of hydrogen-bond acceptors (Lipinski definition) is 4. The number of hydrogen-bond donors (Lipinski definition) is 1. The van der Waals surface area contributed by atoms with E-state index in [1.165, 1.54) is 0 Å². The molecule has 0 aliphatic carbocycles. The molecular formula is C15H23NO4. The van der Waals surface area contributed by atoms with E-state index in [0.717, 1.165) is 18.4 Å². The summed E-state index contributed by atoms with van der Waals surface area (Å²) in [7, 11) is 0. The van der Waals surface area contributed by atoms with Crippen LogP contribution in [0.1, 0.15) is 44.7 Å². The molecule has 0 saturated carbocycles. The third kappa shape index (κ3) is 5.09. The molecule has 3 N–H and O–H groups in total. The molecule has 0 unspecified atom stereocenters. The second-order valence-corrected chi connectivity index (χ2v) is 4.61. The highest BCUT2D eigenvalue weighted by atomic mass is 16.5. The molecule has 0 heterocycles. The number of ether oxygens (including phenoxy) is 2. The van der Waals surface area contributed by atoms with Gasteiger partial charge in [-0.3, -0.25) is 0 Å². The average molecular weight is 281 g/mol. The van der Waals surface area contributed by atoms with Crippen LogP contribution in [0, 0.1) is 0 Å². The van der Waals surface area contributed by atoms with Gasteiger partial charge in [0.05, 0.1) is 13.2 Å². The van der Waals surface area contributed by atoms with Crippen molar-refractivity contribution in [3.8, 4) is 11.5 Å². The third-order valence-corrected chi connectivity index (χ3v) is 2.91. The van der Waals surface area contributed by atoms with Crippen LogP contribution in [0.2, 0.25) is 0 Å². The van der Waals surface area contributed by atoms with E-state index in [1.807, 2.05) is 19.1 Å². The monoisotopic (exact) mass is 281 g/mol. The molecule has 5 nitrogen and oxygen atoms in total. The van der Waals surface area contributed by atoms with E-state index in [9.17, 15) is 9.90 Å². The fraction of sp³-hybridized carbons (Fsp3) is 0.533. The Hall–Kier alpha value is -1.75. The van der Waals surface area contributed by atoms with Gasteiger partial charge in [-0.05, 0) is 31.5 Å². The van der Waals surface area contributed by atoms with Gasteiger partial charge in [-0.25, -0.2) is 0 Å². The summed E-state index contributed by atoms with van der Waals surface area (Å²) in [5, 5.41) is 10.6. The summed E-state index contributed by atoms with van der Waals surface area (Å²) in [5.74, 6) is 0.212. The minimum absolute atomic E-state index is 0.110. The maximum atomic E-state index is 10.6. The number of carboxylic acid groups (broad SMARTS) is 1. The molecule has 0 bridgehead atoms. The Balaban J connectivity index is 2.84. The van der Waals surface area contributed by atoms with Crippen molar-refractivity contribution in [2.45, 2.75) is 39.2 Å². The van der Waals surface area contributed by atoms with Gasteiger partial charge < -0.3 is 25.1 Å². The first-order valence-electron chi connectivity index (χ1n) is 7.00. The van der Waals surface area contributed by atoms with Crippen molar-refractivity contribution in [3.05, 3.63) is 23.8 Å². The molecule has 1 aromatic carbocycles. The lowest BCUT2D eigenvalue weighted by atomic mass is 10.0. The Bertz CT molecular complexity index is 434. The van der Waals surface area contributed by atoms with E-state index in [2.05, 4.69) is 12.7 Å². The highest BCUT2D eigenvalue weighted by Crippen LogP contribution is 2.30. The lowest BCUT2D eigenvalue weighted by molar-refractivity contribution is -0.430. The summed E-state index contributed by atoms with van der Waals surface area (Å²) < 4.78 is 11.2. The van der Waals surface area contributed by atoms with Crippen LogP contribution >= 0.6 is 0 Å². The molecule has 1 atom stereocenters. The number of benzene rings is 1. The summed E-state index contributed by atoms with van der Waals surface area (Å²) >= 11 is 0. The van der Waals surface area contributed by atoms with Gasteiger partial charge >= 0.3 is 0 Å². The van der Waals surface area contributed by atoms with Gasteiger partial charge in [0.2, 0.25) is 0 Å². The van der Waals surface area contributed by atoms with Crippen LogP contribution in [0.15, 0.2) is 18.2 Å². The quantitative estimate of drug-likeness (QED) is 0.675. The summed E-state index contributed by atoms with van der Waals surface area (Å²) in [4.78, 5) is 10.6. The Morgan fingerprint density at radius 3 is 2.65 bits per heavy atom. The van der Waals surface area contributed by atoms with Crippen LogP contribution < -0.4 is 20.3 Å². The first-order chi connectivity index (χ1) is 9.58. The fourth-order valence-electron chi connectivity index (χ4n) is 1.81. The number of carbonyl (C=O) groups excluding carboxylic acids is 1. The number of quaternary nitrogens is 1. The highest BCUT2D eigenvalue weighted by Gasteiger charge is 2.14. The molecule has 5 heteroatoms. The molecule has 1 rings (SSSR count). The maximum Gasteiger partial charge on any atom is 0.161 e. The molecular weight excluding hydrogens is 258 g/mol. The van der Waals surface area contributed by atoms with Crippen molar-refractivity contribution in [1.29, 1.82) is 0 Å². The van der Waals surface area contributed by atoms with E-state index in [1.54, 1.807) is 6.07 Å². The number of unbranched alkanes of at least 4 members (excludes halogenated alkanes) is 1. The van der Waals surface area contributed by atoms with Crippen molar-refractivity contribution < 1.29 is 25.1 Å². The summed E-state index contributed by atoms with van der Waals surface area (Å²) in [6.07, 6.45) is 1.94. The third-order valence-electron chi connectivity index (χ3n) is 2.91.